The van der Waals surface area contributed by atoms with Gasteiger partial charge in [-0.1, -0.05) is 33.6 Å². The van der Waals surface area contributed by atoms with Crippen LogP contribution in [0.2, 0.25) is 5.02 Å². The molecule has 0 saturated heterocycles. The van der Waals surface area contributed by atoms with E-state index in [2.05, 4.69) is 21.2 Å². The molecule has 1 aromatic carbocycles. The molecule has 0 aliphatic heterocycles. The van der Waals surface area contributed by atoms with E-state index >= 15 is 0 Å². The highest BCUT2D eigenvalue weighted by molar-refractivity contribution is 9.09. The summed E-state index contributed by atoms with van der Waals surface area (Å²) in [6.45, 7) is 0.619. The van der Waals surface area contributed by atoms with Crippen LogP contribution in [0.25, 0.3) is 0 Å². The van der Waals surface area contributed by atoms with Gasteiger partial charge >= 0.3 is 0 Å². The fourth-order valence-corrected chi connectivity index (χ4v) is 3.22. The number of halogens is 3. The van der Waals surface area contributed by atoms with Gasteiger partial charge in [-0.25, -0.2) is 4.39 Å². The normalized spacial score (nSPS) is 23.1. The van der Waals surface area contributed by atoms with Crippen molar-refractivity contribution in [2.24, 2.45) is 5.92 Å². The third kappa shape index (κ3) is 3.23. The fourth-order valence-electron chi connectivity index (χ4n) is 2.21. The minimum atomic E-state index is -0.564. The maximum atomic E-state index is 13.2. The van der Waals surface area contributed by atoms with Crippen LogP contribution < -0.4 is 5.32 Å². The molecule has 1 N–H and O–H groups in total. The topological polar surface area (TPSA) is 29.1 Å². The van der Waals surface area contributed by atoms with E-state index in [1.54, 1.807) is 0 Å². The van der Waals surface area contributed by atoms with Crippen molar-refractivity contribution in [1.29, 1.82) is 0 Å². The summed E-state index contributed by atoms with van der Waals surface area (Å²) >= 11 is 9.33. The van der Waals surface area contributed by atoms with Crippen molar-refractivity contribution in [1.82, 2.24) is 5.32 Å². The van der Waals surface area contributed by atoms with Crippen LogP contribution in [0.15, 0.2) is 18.2 Å². The van der Waals surface area contributed by atoms with Gasteiger partial charge < -0.3 is 5.32 Å². The van der Waals surface area contributed by atoms with Gasteiger partial charge in [-0.3, -0.25) is 4.79 Å². The van der Waals surface area contributed by atoms with Crippen LogP contribution in [0.5, 0.6) is 0 Å². The molecule has 2 atom stereocenters. The second-order valence-electron chi connectivity index (χ2n) is 4.59. The van der Waals surface area contributed by atoms with E-state index in [-0.39, 0.29) is 16.5 Å². The quantitative estimate of drug-likeness (QED) is 0.838. The number of nitrogens with one attached hydrogen (secondary N) is 1. The smallest absolute Gasteiger partial charge is 0.252 e. The van der Waals surface area contributed by atoms with Crippen molar-refractivity contribution >= 4 is 33.4 Å². The minimum Gasteiger partial charge on any atom is -0.352 e. The van der Waals surface area contributed by atoms with Gasteiger partial charge in [0.05, 0.1) is 10.6 Å². The minimum absolute atomic E-state index is 0.111. The Labute approximate surface area is 119 Å². The van der Waals surface area contributed by atoms with Crippen LogP contribution in [0.4, 0.5) is 4.39 Å². The van der Waals surface area contributed by atoms with Crippen LogP contribution >= 0.6 is 27.5 Å². The lowest BCUT2D eigenvalue weighted by Gasteiger charge is -2.11. The van der Waals surface area contributed by atoms with E-state index < -0.39 is 5.82 Å². The third-order valence-corrected chi connectivity index (χ3v) is 4.44. The highest BCUT2D eigenvalue weighted by Gasteiger charge is 2.23. The Balaban J connectivity index is 1.94. The first-order valence-electron chi connectivity index (χ1n) is 5.94. The molecule has 2 nitrogen and oxygen atoms in total. The summed E-state index contributed by atoms with van der Waals surface area (Å²) in [4.78, 5) is 12.4. The Bertz CT molecular complexity index is 455. The van der Waals surface area contributed by atoms with Crippen molar-refractivity contribution in [3.8, 4) is 0 Å². The lowest BCUT2D eigenvalue weighted by Crippen LogP contribution is -2.28. The Morgan fingerprint density at radius 3 is 2.94 bits per heavy atom. The average molecular weight is 335 g/mol. The molecule has 18 heavy (non-hydrogen) atoms. The average Bonchev–Trinajstić information content (AvgIpc) is 2.76. The lowest BCUT2D eigenvalue weighted by atomic mass is 10.1. The molecule has 1 saturated carbocycles. The standard InChI is InChI=1S/C13H14BrClFNO/c14-9-5-4-8(6-9)7-17-13(18)10-2-1-3-11(16)12(10)15/h1-3,8-9H,4-7H2,(H,17,18). The van der Waals surface area contributed by atoms with Crippen molar-refractivity contribution in [2.75, 3.05) is 6.54 Å². The number of rotatable bonds is 3. The van der Waals surface area contributed by atoms with Gasteiger partial charge in [0.25, 0.3) is 5.91 Å². The number of carbonyl (C=O) groups is 1. The van der Waals surface area contributed by atoms with Crippen LogP contribution in [-0.4, -0.2) is 17.3 Å². The molecule has 0 heterocycles. The predicted octanol–water partition coefficient (Wildman–Crippen LogP) is 3.77. The van der Waals surface area contributed by atoms with E-state index in [9.17, 15) is 9.18 Å². The number of amides is 1. The van der Waals surface area contributed by atoms with E-state index in [0.29, 0.717) is 17.3 Å². The van der Waals surface area contributed by atoms with Gasteiger partial charge in [0.2, 0.25) is 0 Å². The molecule has 1 amide bonds. The van der Waals surface area contributed by atoms with Gasteiger partial charge in [-0.2, -0.15) is 0 Å². The summed E-state index contributed by atoms with van der Waals surface area (Å²) in [6, 6.07) is 4.26. The van der Waals surface area contributed by atoms with Gasteiger partial charge in [-0.05, 0) is 37.3 Å². The Morgan fingerprint density at radius 1 is 1.50 bits per heavy atom. The SMILES string of the molecule is O=C(NCC1CCC(Br)C1)c1cccc(F)c1Cl. The second kappa shape index (κ2) is 6.02. The van der Waals surface area contributed by atoms with Gasteiger partial charge in [0.1, 0.15) is 5.82 Å². The molecule has 0 spiro atoms. The predicted molar refractivity (Wildman–Crippen MR) is 73.8 cm³/mol. The number of benzene rings is 1. The monoisotopic (exact) mass is 333 g/mol. The number of alkyl halides is 1. The second-order valence-corrected chi connectivity index (χ2v) is 6.26. The third-order valence-electron chi connectivity index (χ3n) is 3.22. The summed E-state index contributed by atoms with van der Waals surface area (Å²) in [5.74, 6) is -0.381. The molecule has 2 unspecified atom stereocenters. The van der Waals surface area contributed by atoms with E-state index in [1.165, 1.54) is 18.2 Å². The van der Waals surface area contributed by atoms with Crippen LogP contribution in [-0.2, 0) is 0 Å². The highest BCUT2D eigenvalue weighted by Crippen LogP contribution is 2.30. The lowest BCUT2D eigenvalue weighted by molar-refractivity contribution is 0.0947. The Hall–Kier alpha value is -0.610. The van der Waals surface area contributed by atoms with Crippen LogP contribution in [0.1, 0.15) is 29.6 Å². The van der Waals surface area contributed by atoms with E-state index in [4.69, 9.17) is 11.6 Å². The first-order chi connectivity index (χ1) is 8.58. The summed E-state index contributed by atoms with van der Waals surface area (Å²) in [5.41, 5.74) is 0.199. The van der Waals surface area contributed by atoms with Crippen LogP contribution in [0.3, 0.4) is 0 Å². The van der Waals surface area contributed by atoms with Crippen molar-refractivity contribution < 1.29 is 9.18 Å². The molecule has 1 aliphatic carbocycles. The van der Waals surface area contributed by atoms with E-state index in [1.807, 2.05) is 0 Å². The maximum absolute atomic E-state index is 13.2. The number of hydrogen-bond donors (Lipinski definition) is 1. The fraction of sp³-hybridized carbons (Fsp3) is 0.462. The number of carbonyl (C=O) groups excluding carboxylic acids is 1. The first kappa shape index (κ1) is 13.8. The van der Waals surface area contributed by atoms with Crippen LogP contribution in [0, 0.1) is 11.7 Å². The van der Waals surface area contributed by atoms with Gasteiger partial charge in [-0.15, -0.1) is 0 Å². The maximum Gasteiger partial charge on any atom is 0.252 e. The molecule has 5 heteroatoms. The van der Waals surface area contributed by atoms with E-state index in [0.717, 1.165) is 19.3 Å². The summed E-state index contributed by atoms with van der Waals surface area (Å²) in [7, 11) is 0. The molecule has 0 aromatic heterocycles. The zero-order valence-electron chi connectivity index (χ0n) is 9.76. The molecule has 0 radical (unpaired) electrons. The van der Waals surface area contributed by atoms with Gasteiger partial charge in [0, 0.05) is 11.4 Å². The molecule has 1 aromatic rings. The molecule has 0 bridgehead atoms. The Morgan fingerprint density at radius 2 is 2.28 bits per heavy atom. The summed E-state index contributed by atoms with van der Waals surface area (Å²) < 4.78 is 13.2. The molecule has 2 rings (SSSR count). The first-order valence-corrected chi connectivity index (χ1v) is 7.23. The molecular weight excluding hydrogens is 321 g/mol. The van der Waals surface area contributed by atoms with Crippen molar-refractivity contribution in [3.63, 3.8) is 0 Å². The largest absolute Gasteiger partial charge is 0.352 e. The highest BCUT2D eigenvalue weighted by atomic mass is 79.9. The zero-order valence-corrected chi connectivity index (χ0v) is 12.1. The number of hydrogen-bond acceptors (Lipinski definition) is 1. The Kier molecular flexibility index (Phi) is 4.62. The molecule has 1 aliphatic rings. The molecule has 98 valence electrons. The van der Waals surface area contributed by atoms with Crippen molar-refractivity contribution in [2.45, 2.75) is 24.1 Å². The summed E-state index contributed by atoms with van der Waals surface area (Å²) in [5, 5.41) is 2.71. The summed E-state index contributed by atoms with van der Waals surface area (Å²) in [6.07, 6.45) is 3.31. The zero-order chi connectivity index (χ0) is 13.1. The van der Waals surface area contributed by atoms with Crippen molar-refractivity contribution in [3.05, 3.63) is 34.6 Å². The molecule has 1 fully saturated rings. The molecular formula is C13H14BrClFNO. The van der Waals surface area contributed by atoms with Gasteiger partial charge in [0.15, 0.2) is 0 Å².